The Labute approximate surface area is 301 Å². The van der Waals surface area contributed by atoms with Crippen LogP contribution in [0.5, 0.6) is 0 Å². The summed E-state index contributed by atoms with van der Waals surface area (Å²) in [6.07, 6.45) is 34.1. The van der Waals surface area contributed by atoms with Gasteiger partial charge in [-0.05, 0) is 84.8 Å². The Hall–Kier alpha value is -3.00. The van der Waals surface area contributed by atoms with Crippen LogP contribution in [0.2, 0.25) is 0 Å². The lowest BCUT2D eigenvalue weighted by Crippen LogP contribution is -2.26. The smallest absolute Gasteiger partial charge is 0.0631 e. The predicted octanol–water partition coefficient (Wildman–Crippen LogP) is 15.4. The molecule has 0 aliphatic heterocycles. The molecule has 3 aromatic carbocycles. The lowest BCUT2D eigenvalue weighted by atomic mass is 9.70. The average molecular weight is 661 g/mol. The van der Waals surface area contributed by atoms with Crippen LogP contribution in [0.4, 0.5) is 11.4 Å². The Balaban J connectivity index is 1.49. The van der Waals surface area contributed by atoms with Gasteiger partial charge >= 0.3 is 0 Å². The van der Waals surface area contributed by atoms with E-state index in [1.807, 2.05) is 25.3 Å². The highest BCUT2D eigenvalue weighted by Crippen LogP contribution is 2.54. The van der Waals surface area contributed by atoms with Crippen molar-refractivity contribution in [3.8, 4) is 11.1 Å². The second-order valence-corrected chi connectivity index (χ2v) is 15.0. The summed E-state index contributed by atoms with van der Waals surface area (Å²) >= 11 is 0. The normalized spacial score (nSPS) is 13.5. The number of fused-ring (bicyclic) bond motifs is 3. The van der Waals surface area contributed by atoms with Crippen LogP contribution >= 0.6 is 0 Å². The van der Waals surface area contributed by atoms with Crippen molar-refractivity contribution >= 4 is 23.8 Å². The molecule has 0 atom stereocenters. The Morgan fingerprint density at radius 3 is 1.41 bits per heavy atom. The van der Waals surface area contributed by atoms with Gasteiger partial charge in [0.25, 0.3) is 0 Å². The molecule has 266 valence electrons. The molecule has 1 aliphatic rings. The Morgan fingerprint density at radius 2 is 0.918 bits per heavy atom. The first-order valence-corrected chi connectivity index (χ1v) is 20.5. The summed E-state index contributed by atoms with van der Waals surface area (Å²) < 4.78 is 0. The number of aryl methyl sites for hydroxylation is 1. The van der Waals surface area contributed by atoms with Crippen molar-refractivity contribution in [2.24, 2.45) is 9.98 Å². The highest BCUT2D eigenvalue weighted by molar-refractivity contribution is 5.88. The summed E-state index contributed by atoms with van der Waals surface area (Å²) in [7, 11) is 0. The van der Waals surface area contributed by atoms with Gasteiger partial charge < -0.3 is 0 Å². The maximum absolute atomic E-state index is 4.89. The fourth-order valence-corrected chi connectivity index (χ4v) is 8.12. The molecule has 3 aromatic rings. The summed E-state index contributed by atoms with van der Waals surface area (Å²) in [4.78, 5) is 9.28. The Morgan fingerprint density at radius 1 is 0.490 bits per heavy atom. The van der Waals surface area contributed by atoms with E-state index in [0.717, 1.165) is 11.4 Å². The summed E-state index contributed by atoms with van der Waals surface area (Å²) in [6, 6.07) is 22.6. The molecule has 2 heteroatoms. The van der Waals surface area contributed by atoms with E-state index >= 15 is 0 Å². The highest BCUT2D eigenvalue weighted by Gasteiger charge is 2.42. The number of hydrogen-bond acceptors (Lipinski definition) is 2. The molecule has 0 amide bonds. The molecule has 0 aromatic heterocycles. The topological polar surface area (TPSA) is 24.7 Å². The molecule has 0 saturated heterocycles. The zero-order chi connectivity index (χ0) is 34.6. The largest absolute Gasteiger partial charge is 0.262 e. The first-order chi connectivity index (χ1) is 24.1. The van der Waals surface area contributed by atoms with Gasteiger partial charge in [-0.1, -0.05) is 178 Å². The van der Waals surface area contributed by atoms with Gasteiger partial charge in [0.2, 0.25) is 0 Å². The van der Waals surface area contributed by atoms with Crippen LogP contribution in [0.3, 0.4) is 0 Å². The maximum atomic E-state index is 4.89. The molecule has 0 heterocycles. The van der Waals surface area contributed by atoms with Crippen LogP contribution in [0, 0.1) is 6.92 Å². The second kappa shape index (κ2) is 22.0. The number of benzene rings is 3. The lowest BCUT2D eigenvalue weighted by Gasteiger charge is -2.33. The van der Waals surface area contributed by atoms with Gasteiger partial charge in [-0.25, -0.2) is 0 Å². The maximum Gasteiger partial charge on any atom is 0.0631 e. The van der Waals surface area contributed by atoms with Gasteiger partial charge in [-0.3, -0.25) is 9.98 Å². The van der Waals surface area contributed by atoms with E-state index in [-0.39, 0.29) is 5.41 Å². The van der Waals surface area contributed by atoms with Crippen LogP contribution in [-0.4, -0.2) is 12.4 Å². The molecule has 4 rings (SSSR count). The van der Waals surface area contributed by atoms with Crippen molar-refractivity contribution in [1.29, 1.82) is 0 Å². The minimum absolute atomic E-state index is 0.0979. The van der Waals surface area contributed by atoms with Crippen LogP contribution < -0.4 is 0 Å². The molecule has 0 unspecified atom stereocenters. The van der Waals surface area contributed by atoms with Gasteiger partial charge in [0, 0.05) is 17.8 Å². The van der Waals surface area contributed by atoms with E-state index in [1.165, 1.54) is 164 Å². The summed E-state index contributed by atoms with van der Waals surface area (Å²) in [5.74, 6) is 0. The molecule has 0 saturated carbocycles. The molecular weight excluding hydrogens is 593 g/mol. The Bertz CT molecular complexity index is 1390. The lowest BCUT2D eigenvalue weighted by molar-refractivity contribution is 0.396. The number of aliphatic imine (C=N–C) groups is 2. The quantitative estimate of drug-likeness (QED) is 0.0638. The second-order valence-electron chi connectivity index (χ2n) is 15.0. The highest BCUT2D eigenvalue weighted by atomic mass is 14.7. The van der Waals surface area contributed by atoms with Crippen molar-refractivity contribution in [1.82, 2.24) is 0 Å². The monoisotopic (exact) mass is 661 g/mol. The van der Waals surface area contributed by atoms with Crippen LogP contribution in [0.15, 0.2) is 70.6 Å². The van der Waals surface area contributed by atoms with E-state index < -0.39 is 0 Å². The molecule has 0 N–H and O–H groups in total. The zero-order valence-corrected chi connectivity index (χ0v) is 31.9. The van der Waals surface area contributed by atoms with Gasteiger partial charge in [-0.15, -0.1) is 0 Å². The van der Waals surface area contributed by atoms with E-state index in [9.17, 15) is 0 Å². The van der Waals surface area contributed by atoms with Crippen molar-refractivity contribution in [2.75, 3.05) is 0 Å². The predicted molar refractivity (Wildman–Crippen MR) is 218 cm³/mol. The molecular formula is C47H68N2. The van der Waals surface area contributed by atoms with Crippen molar-refractivity contribution < 1.29 is 0 Å². The fourth-order valence-electron chi connectivity index (χ4n) is 8.12. The standard InChI is InChI=1S/C47H68N2/c1-5-8-10-12-14-16-18-20-22-24-34-47(35-25-23-21-19-17-15-13-11-9-6-2)45-36-39(4)26-32-43(45)44-33-27-40(37-46(44)47)38-49-42-30-28-41(29-31-42)48-7-3/h7,26-33,36-38H,5-6,8-25,34-35H2,1-4H3. The minimum atomic E-state index is 0.0979. The van der Waals surface area contributed by atoms with Crippen LogP contribution in [0.25, 0.3) is 11.1 Å². The van der Waals surface area contributed by atoms with E-state index in [1.54, 1.807) is 11.1 Å². The van der Waals surface area contributed by atoms with Crippen molar-refractivity contribution in [2.45, 2.75) is 174 Å². The molecule has 2 nitrogen and oxygen atoms in total. The third-order valence-corrected chi connectivity index (χ3v) is 10.9. The number of rotatable bonds is 25. The van der Waals surface area contributed by atoms with E-state index in [4.69, 9.17) is 4.99 Å². The summed E-state index contributed by atoms with van der Waals surface area (Å²) in [5.41, 5.74) is 10.7. The van der Waals surface area contributed by atoms with Gasteiger partial charge in [-0.2, -0.15) is 0 Å². The first kappa shape index (κ1) is 38.8. The zero-order valence-electron chi connectivity index (χ0n) is 31.9. The Kier molecular flexibility index (Phi) is 17.4. The van der Waals surface area contributed by atoms with Gasteiger partial charge in [0.1, 0.15) is 0 Å². The number of nitrogens with zero attached hydrogens (tertiary/aromatic N) is 2. The molecule has 1 aliphatic carbocycles. The molecule has 0 spiro atoms. The summed E-state index contributed by atoms with van der Waals surface area (Å²) in [6.45, 7) is 8.85. The summed E-state index contributed by atoms with van der Waals surface area (Å²) in [5, 5.41) is 0. The fraction of sp³-hybridized carbons (Fsp3) is 0.574. The van der Waals surface area contributed by atoms with E-state index in [2.05, 4.69) is 80.5 Å². The van der Waals surface area contributed by atoms with Gasteiger partial charge in [0.15, 0.2) is 0 Å². The molecule has 0 bridgehead atoms. The van der Waals surface area contributed by atoms with E-state index in [0.29, 0.717) is 0 Å². The number of hydrogen-bond donors (Lipinski definition) is 0. The molecule has 0 fully saturated rings. The van der Waals surface area contributed by atoms with Crippen LogP contribution in [0.1, 0.15) is 184 Å². The third kappa shape index (κ3) is 12.1. The first-order valence-electron chi connectivity index (χ1n) is 20.5. The average Bonchev–Trinajstić information content (AvgIpc) is 3.37. The van der Waals surface area contributed by atoms with Crippen LogP contribution in [-0.2, 0) is 5.41 Å². The molecule has 49 heavy (non-hydrogen) atoms. The van der Waals surface area contributed by atoms with Gasteiger partial charge in [0.05, 0.1) is 11.4 Å². The number of unbranched alkanes of at least 4 members (excludes halogenated alkanes) is 18. The molecule has 0 radical (unpaired) electrons. The SMILES string of the molecule is CC=Nc1ccc(N=Cc2ccc3c(c2)C(CCCCCCCCCCCC)(CCCCCCCCCCCC)c2cc(C)ccc2-3)cc1. The van der Waals surface area contributed by atoms with Crippen molar-refractivity contribution in [3.63, 3.8) is 0 Å². The third-order valence-electron chi connectivity index (χ3n) is 10.9. The van der Waals surface area contributed by atoms with Crippen molar-refractivity contribution in [3.05, 3.63) is 82.9 Å². The minimum Gasteiger partial charge on any atom is -0.262 e.